The molecule has 0 radical (unpaired) electrons. The standard InChI is InChI=1S/C16H21N3O8S/c1-9(20)17-13-14(19(23)24)11(16(21)22)8-12(18-28(2,25)26)15(13)27-10-6-4-3-5-7-10/h8,10,18H,3-7H2,1-2H3,(H,17,20)(H,21,22). The molecule has 1 aliphatic rings. The van der Waals surface area contributed by atoms with E-state index in [1.54, 1.807) is 0 Å². The Hall–Kier alpha value is -2.89. The number of carboxylic acid groups (broad SMARTS) is 1. The summed E-state index contributed by atoms with van der Waals surface area (Å²) in [7, 11) is -3.87. The predicted molar refractivity (Wildman–Crippen MR) is 100 cm³/mol. The molecule has 0 aromatic heterocycles. The minimum Gasteiger partial charge on any atom is -0.486 e. The van der Waals surface area contributed by atoms with Crippen molar-refractivity contribution in [1.29, 1.82) is 0 Å². The van der Waals surface area contributed by atoms with Gasteiger partial charge in [-0.1, -0.05) is 6.42 Å². The van der Waals surface area contributed by atoms with Crippen molar-refractivity contribution in [2.24, 2.45) is 0 Å². The molecule has 1 saturated carbocycles. The zero-order valence-corrected chi connectivity index (χ0v) is 16.2. The number of carboxylic acids is 1. The quantitative estimate of drug-likeness (QED) is 0.451. The first-order valence-corrected chi connectivity index (χ1v) is 10.4. The van der Waals surface area contributed by atoms with E-state index in [2.05, 4.69) is 10.0 Å². The van der Waals surface area contributed by atoms with E-state index in [0.717, 1.165) is 38.5 Å². The van der Waals surface area contributed by atoms with Crippen molar-refractivity contribution in [3.05, 3.63) is 21.7 Å². The smallest absolute Gasteiger partial charge is 0.342 e. The Kier molecular flexibility index (Phi) is 6.44. The highest BCUT2D eigenvalue weighted by Gasteiger charge is 2.33. The SMILES string of the molecule is CC(=O)Nc1c(OC2CCCCC2)c(NS(C)(=O)=O)cc(C(=O)O)c1[N+](=O)[O-]. The summed E-state index contributed by atoms with van der Waals surface area (Å²) in [5, 5.41) is 23.2. The topological polar surface area (TPSA) is 165 Å². The molecule has 0 bridgehead atoms. The zero-order valence-electron chi connectivity index (χ0n) is 15.4. The highest BCUT2D eigenvalue weighted by atomic mass is 32.2. The Labute approximate surface area is 161 Å². The third kappa shape index (κ3) is 5.31. The van der Waals surface area contributed by atoms with Crippen molar-refractivity contribution in [2.45, 2.75) is 45.1 Å². The van der Waals surface area contributed by atoms with Crippen LogP contribution < -0.4 is 14.8 Å². The summed E-state index contributed by atoms with van der Waals surface area (Å²) in [4.78, 5) is 33.8. The summed E-state index contributed by atoms with van der Waals surface area (Å²) in [6.07, 6.45) is 4.52. The van der Waals surface area contributed by atoms with Gasteiger partial charge >= 0.3 is 11.7 Å². The number of benzene rings is 1. The molecule has 1 amide bonds. The lowest BCUT2D eigenvalue weighted by atomic mass is 9.97. The van der Waals surface area contributed by atoms with E-state index in [1.807, 2.05) is 0 Å². The number of sulfonamides is 1. The first-order chi connectivity index (χ1) is 13.0. The van der Waals surface area contributed by atoms with Crippen LogP contribution >= 0.6 is 0 Å². The normalized spacial score (nSPS) is 14.9. The fraction of sp³-hybridized carbons (Fsp3) is 0.500. The molecule has 1 aromatic rings. The minimum absolute atomic E-state index is 0.274. The molecule has 1 aromatic carbocycles. The highest BCUT2D eigenvalue weighted by Crippen LogP contribution is 2.45. The van der Waals surface area contributed by atoms with Crippen LogP contribution in [0.3, 0.4) is 0 Å². The molecule has 0 aliphatic heterocycles. The number of carbonyl (C=O) groups is 2. The Morgan fingerprint density at radius 1 is 1.29 bits per heavy atom. The zero-order chi connectivity index (χ0) is 21.1. The van der Waals surface area contributed by atoms with Crippen LogP contribution in [-0.2, 0) is 14.8 Å². The second kappa shape index (κ2) is 8.42. The van der Waals surface area contributed by atoms with Crippen molar-refractivity contribution >= 4 is 39.0 Å². The molecule has 0 saturated heterocycles. The molecular weight excluding hydrogens is 394 g/mol. The van der Waals surface area contributed by atoms with E-state index in [1.165, 1.54) is 0 Å². The summed E-state index contributed by atoms with van der Waals surface area (Å²) in [6.45, 7) is 1.09. The summed E-state index contributed by atoms with van der Waals surface area (Å²) in [5.41, 5.74) is -2.45. The third-order valence-corrected chi connectivity index (χ3v) is 4.69. The summed E-state index contributed by atoms with van der Waals surface area (Å²) >= 11 is 0. The number of rotatable bonds is 7. The third-order valence-electron chi connectivity index (χ3n) is 4.10. The Morgan fingerprint density at radius 2 is 1.89 bits per heavy atom. The van der Waals surface area contributed by atoms with Gasteiger partial charge in [-0.15, -0.1) is 0 Å². The van der Waals surface area contributed by atoms with Gasteiger partial charge in [-0.3, -0.25) is 19.6 Å². The Balaban J connectivity index is 2.76. The van der Waals surface area contributed by atoms with Gasteiger partial charge in [0.25, 0.3) is 0 Å². The van der Waals surface area contributed by atoms with Crippen molar-refractivity contribution in [3.8, 4) is 5.75 Å². The van der Waals surface area contributed by atoms with Gasteiger partial charge in [0, 0.05) is 6.92 Å². The number of aromatic carboxylic acids is 1. The maximum absolute atomic E-state index is 11.7. The van der Waals surface area contributed by atoms with E-state index in [0.29, 0.717) is 12.8 Å². The number of nitro groups is 1. The molecule has 1 fully saturated rings. The molecule has 28 heavy (non-hydrogen) atoms. The molecule has 0 spiro atoms. The van der Waals surface area contributed by atoms with Crippen LogP contribution in [0.1, 0.15) is 49.4 Å². The Morgan fingerprint density at radius 3 is 2.36 bits per heavy atom. The van der Waals surface area contributed by atoms with Crippen molar-refractivity contribution < 1.29 is 32.8 Å². The molecule has 12 heteroatoms. The second-order valence-corrected chi connectivity index (χ2v) is 8.27. The summed E-state index contributed by atoms with van der Waals surface area (Å²) < 4.78 is 31.5. The van der Waals surface area contributed by atoms with Gasteiger partial charge in [0.2, 0.25) is 15.9 Å². The first-order valence-electron chi connectivity index (χ1n) is 8.50. The number of amides is 1. The number of hydrogen-bond acceptors (Lipinski definition) is 7. The second-order valence-electron chi connectivity index (χ2n) is 6.52. The molecule has 1 aliphatic carbocycles. The Bertz CT molecular complexity index is 907. The van der Waals surface area contributed by atoms with Crippen LogP contribution in [0.25, 0.3) is 0 Å². The van der Waals surface area contributed by atoms with Crippen molar-refractivity contribution in [3.63, 3.8) is 0 Å². The van der Waals surface area contributed by atoms with E-state index < -0.39 is 43.8 Å². The van der Waals surface area contributed by atoms with Crippen LogP contribution in [0.5, 0.6) is 5.75 Å². The number of anilines is 2. The van der Waals surface area contributed by atoms with Gasteiger partial charge < -0.3 is 15.2 Å². The van der Waals surface area contributed by atoms with E-state index in [4.69, 9.17) is 4.74 Å². The first kappa shape index (κ1) is 21.4. The van der Waals surface area contributed by atoms with Crippen LogP contribution in [0.15, 0.2) is 6.07 Å². The summed E-state index contributed by atoms with van der Waals surface area (Å²) in [6, 6.07) is 0.824. The lowest BCUT2D eigenvalue weighted by molar-refractivity contribution is -0.384. The van der Waals surface area contributed by atoms with Gasteiger partial charge in [-0.05, 0) is 31.7 Å². The molecule has 11 nitrogen and oxygen atoms in total. The maximum Gasteiger partial charge on any atom is 0.342 e. The highest BCUT2D eigenvalue weighted by molar-refractivity contribution is 7.92. The molecule has 0 unspecified atom stereocenters. The largest absolute Gasteiger partial charge is 0.486 e. The van der Waals surface area contributed by atoms with Gasteiger partial charge in [-0.2, -0.15) is 0 Å². The lowest BCUT2D eigenvalue weighted by Crippen LogP contribution is -2.23. The average Bonchev–Trinajstić information content (AvgIpc) is 2.56. The van der Waals surface area contributed by atoms with Crippen LogP contribution in [-0.4, -0.2) is 42.7 Å². The molecule has 2 rings (SSSR count). The monoisotopic (exact) mass is 415 g/mol. The maximum atomic E-state index is 11.7. The van der Waals surface area contributed by atoms with Crippen molar-refractivity contribution in [1.82, 2.24) is 0 Å². The molecule has 3 N–H and O–H groups in total. The number of carbonyl (C=O) groups excluding carboxylic acids is 1. The lowest BCUT2D eigenvalue weighted by Gasteiger charge is -2.26. The number of ether oxygens (including phenoxy) is 1. The number of nitrogens with one attached hydrogen (secondary N) is 2. The number of nitrogens with zero attached hydrogens (tertiary/aromatic N) is 1. The van der Waals surface area contributed by atoms with E-state index >= 15 is 0 Å². The van der Waals surface area contributed by atoms with Gasteiger partial charge in [0.15, 0.2) is 11.4 Å². The molecule has 0 heterocycles. The van der Waals surface area contributed by atoms with Gasteiger partial charge in [0.05, 0.1) is 23.0 Å². The fourth-order valence-electron chi connectivity index (χ4n) is 3.05. The average molecular weight is 415 g/mol. The molecular formula is C16H21N3O8S. The van der Waals surface area contributed by atoms with Crippen LogP contribution in [0, 0.1) is 10.1 Å². The fourth-order valence-corrected chi connectivity index (χ4v) is 3.60. The summed E-state index contributed by atoms with van der Waals surface area (Å²) in [5.74, 6) is -2.63. The number of hydrogen-bond donors (Lipinski definition) is 3. The van der Waals surface area contributed by atoms with E-state index in [9.17, 15) is 33.2 Å². The predicted octanol–water partition coefficient (Wildman–Crippen LogP) is 2.33. The minimum atomic E-state index is -3.87. The molecule has 0 atom stereocenters. The number of nitro benzene ring substituents is 1. The van der Waals surface area contributed by atoms with Crippen molar-refractivity contribution in [2.75, 3.05) is 16.3 Å². The van der Waals surface area contributed by atoms with E-state index in [-0.39, 0.29) is 17.5 Å². The van der Waals surface area contributed by atoms with Crippen LogP contribution in [0.2, 0.25) is 0 Å². The van der Waals surface area contributed by atoms with Gasteiger partial charge in [0.1, 0.15) is 5.56 Å². The van der Waals surface area contributed by atoms with Crippen LogP contribution in [0.4, 0.5) is 17.1 Å². The van der Waals surface area contributed by atoms with Gasteiger partial charge in [-0.25, -0.2) is 13.2 Å². The molecule has 154 valence electrons.